The van der Waals surface area contributed by atoms with Crippen molar-refractivity contribution in [1.29, 1.82) is 0 Å². The first-order chi connectivity index (χ1) is 15.5. The van der Waals surface area contributed by atoms with Crippen LogP contribution in [0, 0.1) is 23.3 Å². The maximum atomic E-state index is 14.1. The Morgan fingerprint density at radius 2 is 1.36 bits per heavy atom. The fraction of sp³-hybridized carbons (Fsp3) is 0.217. The molecule has 3 aromatic rings. The molecule has 0 bridgehead atoms. The summed E-state index contributed by atoms with van der Waals surface area (Å²) in [5, 5.41) is 0. The molecule has 0 aliphatic carbocycles. The van der Waals surface area contributed by atoms with Crippen molar-refractivity contribution in [3.63, 3.8) is 0 Å². The van der Waals surface area contributed by atoms with E-state index in [1.165, 1.54) is 29.8 Å². The topological polar surface area (TPSA) is 72.8 Å². The van der Waals surface area contributed by atoms with Gasteiger partial charge in [-0.25, -0.2) is 8.78 Å². The van der Waals surface area contributed by atoms with Gasteiger partial charge in [0, 0.05) is 0 Å². The molecule has 0 radical (unpaired) electrons. The third-order valence-corrected chi connectivity index (χ3v) is 5.93. The van der Waals surface area contributed by atoms with Gasteiger partial charge in [0.2, 0.25) is 17.4 Å². The third-order valence-electron chi connectivity index (χ3n) is 5.05. The molecule has 10 heteroatoms. The average molecular weight is 484 g/mol. The molecule has 5 nitrogen and oxygen atoms in total. The van der Waals surface area contributed by atoms with Crippen molar-refractivity contribution >= 4 is 10.1 Å². The third kappa shape index (κ3) is 5.45. The lowest BCUT2D eigenvalue weighted by molar-refractivity contribution is 0.305. The summed E-state index contributed by atoms with van der Waals surface area (Å²) in [5.74, 6) is -9.66. The van der Waals surface area contributed by atoms with Crippen LogP contribution >= 0.6 is 0 Å². The van der Waals surface area contributed by atoms with Gasteiger partial charge < -0.3 is 9.47 Å². The highest BCUT2D eigenvalue weighted by Gasteiger charge is 2.33. The van der Waals surface area contributed by atoms with Crippen LogP contribution in [-0.2, 0) is 16.7 Å². The van der Waals surface area contributed by atoms with E-state index in [2.05, 4.69) is 13.8 Å². The van der Waals surface area contributed by atoms with Crippen LogP contribution in [0.1, 0.15) is 37.3 Å². The number of benzene rings is 3. The largest absolute Gasteiger partial charge is 0.489 e. The van der Waals surface area contributed by atoms with Crippen LogP contribution in [0.5, 0.6) is 17.2 Å². The number of hydrogen-bond donors (Lipinski definition) is 1. The second-order valence-electron chi connectivity index (χ2n) is 7.30. The Kier molecular flexibility index (Phi) is 7.28. The molecule has 0 spiro atoms. The smallest absolute Gasteiger partial charge is 0.300 e. The van der Waals surface area contributed by atoms with Crippen molar-refractivity contribution < 1.29 is 40.0 Å². The molecule has 1 N–H and O–H groups in total. The number of ether oxygens (including phenoxy) is 2. The Bertz CT molecular complexity index is 1210. The lowest BCUT2D eigenvalue weighted by Gasteiger charge is -2.12. The van der Waals surface area contributed by atoms with Gasteiger partial charge in [0.25, 0.3) is 0 Å². The molecule has 0 fully saturated rings. The zero-order valence-electron chi connectivity index (χ0n) is 17.6. The first kappa shape index (κ1) is 24.5. The van der Waals surface area contributed by atoms with Gasteiger partial charge in [0.15, 0.2) is 16.5 Å². The van der Waals surface area contributed by atoms with Gasteiger partial charge in [-0.2, -0.15) is 17.2 Å². The molecule has 3 aromatic carbocycles. The van der Waals surface area contributed by atoms with E-state index in [1.807, 2.05) is 24.3 Å². The molecule has 3 rings (SSSR count). The summed E-state index contributed by atoms with van der Waals surface area (Å²) in [4.78, 5) is -2.13. The quantitative estimate of drug-likeness (QED) is 0.228. The standard InChI is InChI=1S/C23H20F4O5S/c1-3-13(2)15-6-4-14(5-7-15)12-31-16-8-10-17(11-9-16)32-22-18(24)20(26)23(33(28,29)30)21(27)19(22)25/h4-11,13H,3,12H2,1-2H3,(H,28,29,30). The van der Waals surface area contributed by atoms with Crippen molar-refractivity contribution in [3.8, 4) is 17.2 Å². The number of hydrogen-bond acceptors (Lipinski definition) is 4. The van der Waals surface area contributed by atoms with E-state index in [4.69, 9.17) is 14.0 Å². The molecule has 0 saturated heterocycles. The van der Waals surface area contributed by atoms with Crippen molar-refractivity contribution in [2.75, 3.05) is 0 Å². The van der Waals surface area contributed by atoms with E-state index in [0.29, 0.717) is 11.7 Å². The first-order valence-corrected chi connectivity index (χ1v) is 11.3. The van der Waals surface area contributed by atoms with Crippen LogP contribution in [0.4, 0.5) is 17.6 Å². The van der Waals surface area contributed by atoms with Gasteiger partial charge >= 0.3 is 10.1 Å². The van der Waals surface area contributed by atoms with E-state index in [1.54, 1.807) is 0 Å². The Morgan fingerprint density at radius 1 is 0.848 bits per heavy atom. The van der Waals surface area contributed by atoms with E-state index < -0.39 is 44.0 Å². The summed E-state index contributed by atoms with van der Waals surface area (Å²) in [6.07, 6.45) is 1.03. The number of halogens is 4. The predicted octanol–water partition coefficient (Wildman–Crippen LogP) is 6.37. The van der Waals surface area contributed by atoms with Gasteiger partial charge in [-0.3, -0.25) is 4.55 Å². The Morgan fingerprint density at radius 3 is 1.85 bits per heavy atom. The van der Waals surface area contributed by atoms with E-state index in [9.17, 15) is 26.0 Å². The van der Waals surface area contributed by atoms with Crippen LogP contribution in [-0.4, -0.2) is 13.0 Å². The summed E-state index contributed by atoms with van der Waals surface area (Å²) in [5.41, 5.74) is 2.15. The normalized spacial score (nSPS) is 12.5. The highest BCUT2D eigenvalue weighted by molar-refractivity contribution is 7.85. The van der Waals surface area contributed by atoms with E-state index in [0.717, 1.165) is 12.0 Å². The van der Waals surface area contributed by atoms with Crippen LogP contribution in [0.15, 0.2) is 53.4 Å². The molecule has 0 aliphatic heterocycles. The van der Waals surface area contributed by atoms with Gasteiger partial charge in [-0.1, -0.05) is 38.1 Å². The number of rotatable bonds is 8. The Labute approximate surface area is 188 Å². The van der Waals surface area contributed by atoms with Crippen molar-refractivity contribution in [2.24, 2.45) is 0 Å². The van der Waals surface area contributed by atoms with Crippen LogP contribution in [0.3, 0.4) is 0 Å². The molecule has 33 heavy (non-hydrogen) atoms. The maximum Gasteiger partial charge on any atom is 0.300 e. The van der Waals surface area contributed by atoms with Gasteiger partial charge in [0.1, 0.15) is 18.1 Å². The first-order valence-electron chi connectivity index (χ1n) is 9.85. The highest BCUT2D eigenvalue weighted by Crippen LogP contribution is 2.35. The lowest BCUT2D eigenvalue weighted by Crippen LogP contribution is -2.11. The molecular weight excluding hydrogens is 464 g/mol. The van der Waals surface area contributed by atoms with Crippen LogP contribution in [0.2, 0.25) is 0 Å². The molecule has 1 atom stereocenters. The minimum Gasteiger partial charge on any atom is -0.489 e. The molecule has 176 valence electrons. The Balaban J connectivity index is 1.72. The van der Waals surface area contributed by atoms with Gasteiger partial charge in [-0.15, -0.1) is 0 Å². The van der Waals surface area contributed by atoms with Crippen molar-refractivity contribution in [2.45, 2.75) is 37.7 Å². The fourth-order valence-electron chi connectivity index (χ4n) is 2.97. The minimum absolute atomic E-state index is 0.198. The molecule has 0 heterocycles. The summed E-state index contributed by atoms with van der Waals surface area (Å²) in [6, 6.07) is 13.3. The van der Waals surface area contributed by atoms with Crippen molar-refractivity contribution in [1.82, 2.24) is 0 Å². The van der Waals surface area contributed by atoms with Crippen LogP contribution < -0.4 is 9.47 Å². The maximum absolute atomic E-state index is 14.1. The lowest BCUT2D eigenvalue weighted by atomic mass is 9.98. The molecule has 0 aromatic heterocycles. The van der Waals surface area contributed by atoms with Gasteiger partial charge in [-0.05, 0) is 47.7 Å². The summed E-state index contributed by atoms with van der Waals surface area (Å²) < 4.78 is 97.3. The molecular formula is C23H20F4O5S. The second kappa shape index (κ2) is 9.80. The zero-order chi connectivity index (χ0) is 24.3. The SMILES string of the molecule is CCC(C)c1ccc(COc2ccc(Oc3c(F)c(F)c(S(=O)(=O)O)c(F)c3F)cc2)cc1. The molecule has 0 saturated carbocycles. The summed E-state index contributed by atoms with van der Waals surface area (Å²) in [7, 11) is -5.54. The predicted molar refractivity (Wildman–Crippen MR) is 112 cm³/mol. The Hall–Kier alpha value is -3.11. The molecule has 1 unspecified atom stereocenters. The van der Waals surface area contributed by atoms with Crippen LogP contribution in [0.25, 0.3) is 0 Å². The monoisotopic (exact) mass is 484 g/mol. The average Bonchev–Trinajstić information content (AvgIpc) is 2.79. The van der Waals surface area contributed by atoms with E-state index >= 15 is 0 Å². The van der Waals surface area contributed by atoms with Crippen molar-refractivity contribution in [3.05, 3.63) is 82.9 Å². The minimum atomic E-state index is -5.54. The molecule has 0 amide bonds. The summed E-state index contributed by atoms with van der Waals surface area (Å²) in [6.45, 7) is 4.51. The summed E-state index contributed by atoms with van der Waals surface area (Å²) >= 11 is 0. The second-order valence-corrected chi connectivity index (χ2v) is 8.66. The zero-order valence-corrected chi connectivity index (χ0v) is 18.4. The fourth-order valence-corrected chi connectivity index (χ4v) is 3.61. The van der Waals surface area contributed by atoms with E-state index in [-0.39, 0.29) is 12.4 Å². The highest BCUT2D eigenvalue weighted by atomic mass is 32.2. The molecule has 0 aliphatic rings. The van der Waals surface area contributed by atoms with Gasteiger partial charge in [0.05, 0.1) is 0 Å².